The third kappa shape index (κ3) is 3.89. The van der Waals surface area contributed by atoms with E-state index in [0.29, 0.717) is 18.7 Å². The molecule has 0 spiro atoms. The Morgan fingerprint density at radius 1 is 1.47 bits per heavy atom. The van der Waals surface area contributed by atoms with Gasteiger partial charge in [0.05, 0.1) is 0 Å². The molecule has 0 saturated heterocycles. The van der Waals surface area contributed by atoms with Gasteiger partial charge in [-0.1, -0.05) is 13.8 Å². The van der Waals surface area contributed by atoms with Crippen LogP contribution in [0, 0.1) is 19.3 Å². The van der Waals surface area contributed by atoms with Crippen LogP contribution in [0.5, 0.6) is 0 Å². The predicted octanol–water partition coefficient (Wildman–Crippen LogP) is 2.03. The SMILES string of the molecule is Cc1cc(C)c(C(=O)NCC(C)(C)CCO)o1. The molecule has 0 radical (unpaired) electrons. The first-order valence-corrected chi connectivity index (χ1v) is 5.82. The van der Waals surface area contributed by atoms with Crippen LogP contribution < -0.4 is 5.32 Å². The molecule has 0 aliphatic carbocycles. The molecule has 1 rings (SSSR count). The van der Waals surface area contributed by atoms with E-state index in [4.69, 9.17) is 9.52 Å². The zero-order valence-corrected chi connectivity index (χ0v) is 11.0. The second-order valence-corrected chi connectivity index (χ2v) is 5.19. The van der Waals surface area contributed by atoms with Gasteiger partial charge in [-0.05, 0) is 31.7 Å². The van der Waals surface area contributed by atoms with Crippen molar-refractivity contribution in [3.63, 3.8) is 0 Å². The fraction of sp³-hybridized carbons (Fsp3) is 0.615. The van der Waals surface area contributed by atoms with E-state index in [2.05, 4.69) is 5.32 Å². The number of rotatable bonds is 5. The zero-order chi connectivity index (χ0) is 13.1. The molecule has 1 aromatic heterocycles. The smallest absolute Gasteiger partial charge is 0.287 e. The Kier molecular flexibility index (Phi) is 4.34. The molecule has 2 N–H and O–H groups in total. The normalized spacial score (nSPS) is 11.6. The van der Waals surface area contributed by atoms with Gasteiger partial charge in [-0.15, -0.1) is 0 Å². The van der Waals surface area contributed by atoms with Crippen LogP contribution in [0.25, 0.3) is 0 Å². The Balaban J connectivity index is 2.59. The quantitative estimate of drug-likeness (QED) is 0.826. The maximum absolute atomic E-state index is 11.9. The number of furan rings is 1. The molecule has 0 aromatic carbocycles. The van der Waals surface area contributed by atoms with Crippen molar-refractivity contribution in [2.24, 2.45) is 5.41 Å². The number of carbonyl (C=O) groups is 1. The average Bonchev–Trinajstić information content (AvgIpc) is 2.54. The van der Waals surface area contributed by atoms with Crippen molar-refractivity contribution in [2.45, 2.75) is 34.1 Å². The Hall–Kier alpha value is -1.29. The topological polar surface area (TPSA) is 62.5 Å². The van der Waals surface area contributed by atoms with E-state index in [9.17, 15) is 4.79 Å². The number of nitrogens with one attached hydrogen (secondary N) is 1. The van der Waals surface area contributed by atoms with Gasteiger partial charge in [-0.3, -0.25) is 4.79 Å². The van der Waals surface area contributed by atoms with Crippen LogP contribution in [-0.4, -0.2) is 24.2 Å². The van der Waals surface area contributed by atoms with E-state index in [1.54, 1.807) is 0 Å². The molecular formula is C13H21NO3. The number of aryl methyl sites for hydroxylation is 2. The molecule has 4 nitrogen and oxygen atoms in total. The Morgan fingerprint density at radius 3 is 2.59 bits per heavy atom. The maximum Gasteiger partial charge on any atom is 0.287 e. The highest BCUT2D eigenvalue weighted by Crippen LogP contribution is 2.19. The Morgan fingerprint density at radius 2 is 2.12 bits per heavy atom. The van der Waals surface area contributed by atoms with Gasteiger partial charge >= 0.3 is 0 Å². The number of aliphatic hydroxyl groups is 1. The van der Waals surface area contributed by atoms with E-state index in [0.717, 1.165) is 11.3 Å². The minimum absolute atomic E-state index is 0.111. The monoisotopic (exact) mass is 239 g/mol. The molecule has 0 saturated carbocycles. The summed E-state index contributed by atoms with van der Waals surface area (Å²) in [5, 5.41) is 11.7. The van der Waals surface area contributed by atoms with Crippen molar-refractivity contribution in [1.82, 2.24) is 5.32 Å². The Labute approximate surface area is 102 Å². The van der Waals surface area contributed by atoms with E-state index in [1.807, 2.05) is 33.8 Å². The third-order valence-electron chi connectivity index (χ3n) is 2.76. The summed E-state index contributed by atoms with van der Waals surface area (Å²) in [4.78, 5) is 11.9. The molecule has 0 atom stereocenters. The molecule has 96 valence electrons. The van der Waals surface area contributed by atoms with E-state index in [1.165, 1.54) is 0 Å². The largest absolute Gasteiger partial charge is 0.456 e. The highest BCUT2D eigenvalue weighted by molar-refractivity contribution is 5.92. The van der Waals surface area contributed by atoms with Crippen molar-refractivity contribution in [3.8, 4) is 0 Å². The standard InChI is InChI=1S/C13H21NO3/c1-9-7-10(2)17-11(9)12(16)14-8-13(3,4)5-6-15/h7,15H,5-6,8H2,1-4H3,(H,14,16). The predicted molar refractivity (Wildman–Crippen MR) is 66.0 cm³/mol. The molecule has 17 heavy (non-hydrogen) atoms. The van der Waals surface area contributed by atoms with E-state index in [-0.39, 0.29) is 17.9 Å². The minimum atomic E-state index is -0.193. The molecule has 1 aromatic rings. The summed E-state index contributed by atoms with van der Waals surface area (Å²) in [5.74, 6) is 0.922. The van der Waals surface area contributed by atoms with Crippen LogP contribution in [-0.2, 0) is 0 Å². The number of carbonyl (C=O) groups excluding carboxylic acids is 1. The van der Waals surface area contributed by atoms with Gasteiger partial charge in [0.25, 0.3) is 5.91 Å². The maximum atomic E-state index is 11.9. The molecule has 0 unspecified atom stereocenters. The van der Waals surface area contributed by atoms with Crippen molar-refractivity contribution in [2.75, 3.05) is 13.2 Å². The lowest BCUT2D eigenvalue weighted by molar-refractivity contribution is 0.0898. The summed E-state index contributed by atoms with van der Waals surface area (Å²) in [6, 6.07) is 1.84. The lowest BCUT2D eigenvalue weighted by Gasteiger charge is -2.23. The summed E-state index contributed by atoms with van der Waals surface area (Å²) >= 11 is 0. The van der Waals surface area contributed by atoms with Crippen LogP contribution >= 0.6 is 0 Å². The molecule has 4 heteroatoms. The first-order chi connectivity index (χ1) is 7.85. The number of amides is 1. The second kappa shape index (κ2) is 5.36. The Bertz CT molecular complexity index is 393. The number of hydrogen-bond donors (Lipinski definition) is 2. The summed E-state index contributed by atoms with van der Waals surface area (Å²) in [7, 11) is 0. The van der Waals surface area contributed by atoms with Crippen LogP contribution in [0.2, 0.25) is 0 Å². The van der Waals surface area contributed by atoms with Crippen molar-refractivity contribution >= 4 is 5.91 Å². The van der Waals surface area contributed by atoms with Gasteiger partial charge < -0.3 is 14.8 Å². The molecule has 0 fully saturated rings. The van der Waals surface area contributed by atoms with Gasteiger partial charge in [0.2, 0.25) is 0 Å². The lowest BCUT2D eigenvalue weighted by Crippen LogP contribution is -2.34. The summed E-state index contributed by atoms with van der Waals surface area (Å²) in [5.41, 5.74) is 0.736. The molecular weight excluding hydrogens is 218 g/mol. The van der Waals surface area contributed by atoms with Gasteiger partial charge in [0.1, 0.15) is 5.76 Å². The molecule has 0 bridgehead atoms. The van der Waals surface area contributed by atoms with E-state index >= 15 is 0 Å². The first-order valence-electron chi connectivity index (χ1n) is 5.82. The van der Waals surface area contributed by atoms with Crippen LogP contribution in [0.3, 0.4) is 0 Å². The number of hydrogen-bond acceptors (Lipinski definition) is 3. The molecule has 1 amide bonds. The summed E-state index contributed by atoms with van der Waals surface area (Å²) in [6.45, 7) is 8.32. The van der Waals surface area contributed by atoms with Gasteiger partial charge in [-0.2, -0.15) is 0 Å². The van der Waals surface area contributed by atoms with Crippen LogP contribution in [0.1, 0.15) is 42.1 Å². The van der Waals surface area contributed by atoms with Crippen LogP contribution in [0.15, 0.2) is 10.5 Å². The van der Waals surface area contributed by atoms with Gasteiger partial charge in [-0.25, -0.2) is 0 Å². The third-order valence-corrected chi connectivity index (χ3v) is 2.76. The van der Waals surface area contributed by atoms with Crippen LogP contribution in [0.4, 0.5) is 0 Å². The molecule has 0 aliphatic rings. The fourth-order valence-corrected chi connectivity index (χ4v) is 1.66. The highest BCUT2D eigenvalue weighted by Gasteiger charge is 2.20. The first kappa shape index (κ1) is 13.8. The molecule has 0 aliphatic heterocycles. The van der Waals surface area contributed by atoms with Crippen molar-refractivity contribution in [3.05, 3.63) is 23.2 Å². The van der Waals surface area contributed by atoms with Crippen molar-refractivity contribution < 1.29 is 14.3 Å². The number of aliphatic hydroxyl groups excluding tert-OH is 1. The fourth-order valence-electron chi connectivity index (χ4n) is 1.66. The summed E-state index contributed by atoms with van der Waals surface area (Å²) in [6.07, 6.45) is 0.656. The van der Waals surface area contributed by atoms with Gasteiger partial charge in [0, 0.05) is 18.7 Å². The second-order valence-electron chi connectivity index (χ2n) is 5.19. The minimum Gasteiger partial charge on any atom is -0.456 e. The molecule has 1 heterocycles. The van der Waals surface area contributed by atoms with E-state index < -0.39 is 0 Å². The lowest BCUT2D eigenvalue weighted by atomic mass is 9.90. The van der Waals surface area contributed by atoms with Crippen molar-refractivity contribution in [1.29, 1.82) is 0 Å². The zero-order valence-electron chi connectivity index (χ0n) is 11.0. The summed E-state index contributed by atoms with van der Waals surface area (Å²) < 4.78 is 5.34. The average molecular weight is 239 g/mol. The van der Waals surface area contributed by atoms with Gasteiger partial charge in [0.15, 0.2) is 5.76 Å². The highest BCUT2D eigenvalue weighted by atomic mass is 16.3.